The highest BCUT2D eigenvalue weighted by atomic mass is 19.1. The van der Waals surface area contributed by atoms with Crippen LogP contribution >= 0.6 is 0 Å². The van der Waals surface area contributed by atoms with E-state index in [1.165, 1.54) is 35.4 Å². The van der Waals surface area contributed by atoms with Gasteiger partial charge in [0.05, 0.1) is 31.2 Å². The minimum Gasteiger partial charge on any atom is -0.481 e. The SMILES string of the molecule is O=C(O)C[C@@H](NC(=O)[C@H]1CC(=O)N(Cc2ccco2)C1)c1ccc(F)cc1. The van der Waals surface area contributed by atoms with Gasteiger partial charge in [-0.2, -0.15) is 0 Å². The molecule has 0 bridgehead atoms. The molecule has 2 atom stereocenters. The van der Waals surface area contributed by atoms with Crippen LogP contribution < -0.4 is 5.32 Å². The first kappa shape index (κ1) is 18.6. The van der Waals surface area contributed by atoms with Crippen LogP contribution in [0.4, 0.5) is 4.39 Å². The highest BCUT2D eigenvalue weighted by Crippen LogP contribution is 2.23. The van der Waals surface area contributed by atoms with Crippen molar-refractivity contribution in [3.8, 4) is 0 Å². The summed E-state index contributed by atoms with van der Waals surface area (Å²) in [6.07, 6.45) is 1.23. The van der Waals surface area contributed by atoms with Gasteiger partial charge >= 0.3 is 5.97 Å². The standard InChI is InChI=1S/C19H19FN2O5/c20-14-5-3-12(4-6-14)16(9-18(24)25)21-19(26)13-8-17(23)22(10-13)11-15-2-1-7-27-15/h1-7,13,16H,8-11H2,(H,21,26)(H,24,25)/t13-,16+/m0/s1. The number of carboxylic acid groups (broad SMARTS) is 1. The largest absolute Gasteiger partial charge is 0.481 e. The van der Waals surface area contributed by atoms with Crippen molar-refractivity contribution in [1.82, 2.24) is 10.2 Å². The predicted octanol–water partition coefficient (Wildman–Crippen LogP) is 2.10. The number of furan rings is 1. The molecule has 0 radical (unpaired) electrons. The Morgan fingerprint density at radius 3 is 2.67 bits per heavy atom. The molecule has 8 heteroatoms. The number of hydrogen-bond acceptors (Lipinski definition) is 4. The Morgan fingerprint density at radius 2 is 2.04 bits per heavy atom. The van der Waals surface area contributed by atoms with Gasteiger partial charge in [0.2, 0.25) is 11.8 Å². The summed E-state index contributed by atoms with van der Waals surface area (Å²) in [5.74, 6) is -2.06. The van der Waals surface area contributed by atoms with E-state index in [0.29, 0.717) is 11.3 Å². The van der Waals surface area contributed by atoms with Gasteiger partial charge in [0.25, 0.3) is 0 Å². The normalized spacial score (nSPS) is 17.7. The van der Waals surface area contributed by atoms with E-state index in [-0.39, 0.29) is 31.8 Å². The molecule has 1 aliphatic heterocycles. The molecule has 0 spiro atoms. The Morgan fingerprint density at radius 1 is 1.30 bits per heavy atom. The maximum atomic E-state index is 13.1. The molecule has 3 rings (SSSR count). The van der Waals surface area contributed by atoms with Crippen LogP contribution in [0.5, 0.6) is 0 Å². The number of halogens is 1. The highest BCUT2D eigenvalue weighted by molar-refractivity contribution is 5.89. The Balaban J connectivity index is 1.65. The second-order valence-corrected chi connectivity index (χ2v) is 6.47. The molecule has 0 saturated carbocycles. The van der Waals surface area contributed by atoms with E-state index in [1.54, 1.807) is 12.1 Å². The zero-order valence-electron chi connectivity index (χ0n) is 14.4. The number of aliphatic carboxylic acids is 1. The third-order valence-electron chi connectivity index (χ3n) is 4.48. The molecular formula is C19H19FN2O5. The van der Waals surface area contributed by atoms with Gasteiger partial charge in [-0.05, 0) is 29.8 Å². The van der Waals surface area contributed by atoms with E-state index < -0.39 is 29.7 Å². The summed E-state index contributed by atoms with van der Waals surface area (Å²) in [5.41, 5.74) is 0.490. The van der Waals surface area contributed by atoms with Gasteiger partial charge < -0.3 is 19.7 Å². The lowest BCUT2D eigenvalue weighted by atomic mass is 10.0. The van der Waals surface area contributed by atoms with E-state index in [2.05, 4.69) is 5.32 Å². The van der Waals surface area contributed by atoms with Crippen molar-refractivity contribution in [1.29, 1.82) is 0 Å². The van der Waals surface area contributed by atoms with E-state index >= 15 is 0 Å². The smallest absolute Gasteiger partial charge is 0.305 e. The minimum atomic E-state index is -1.09. The number of nitrogens with one attached hydrogen (secondary N) is 1. The maximum Gasteiger partial charge on any atom is 0.305 e. The summed E-state index contributed by atoms with van der Waals surface area (Å²) >= 11 is 0. The monoisotopic (exact) mass is 374 g/mol. The van der Waals surface area contributed by atoms with E-state index in [1.807, 2.05) is 0 Å². The van der Waals surface area contributed by atoms with Crippen molar-refractivity contribution >= 4 is 17.8 Å². The van der Waals surface area contributed by atoms with Gasteiger partial charge in [-0.1, -0.05) is 12.1 Å². The van der Waals surface area contributed by atoms with Crippen LogP contribution in [-0.2, 0) is 20.9 Å². The van der Waals surface area contributed by atoms with Crippen molar-refractivity contribution in [3.05, 3.63) is 59.8 Å². The number of likely N-dealkylation sites (tertiary alicyclic amines) is 1. The quantitative estimate of drug-likeness (QED) is 0.773. The lowest BCUT2D eigenvalue weighted by Crippen LogP contribution is -2.36. The van der Waals surface area contributed by atoms with E-state index in [4.69, 9.17) is 9.52 Å². The third kappa shape index (κ3) is 4.72. The van der Waals surface area contributed by atoms with Crippen LogP contribution in [0.25, 0.3) is 0 Å². The molecular weight excluding hydrogens is 355 g/mol. The first-order valence-corrected chi connectivity index (χ1v) is 8.50. The second-order valence-electron chi connectivity index (χ2n) is 6.47. The van der Waals surface area contributed by atoms with Crippen molar-refractivity contribution < 1.29 is 28.3 Å². The molecule has 1 saturated heterocycles. The Labute approximate surface area is 154 Å². The molecule has 0 unspecified atom stereocenters. The van der Waals surface area contributed by atoms with E-state index in [0.717, 1.165) is 0 Å². The molecule has 7 nitrogen and oxygen atoms in total. The molecule has 2 amide bonds. The molecule has 1 aliphatic rings. The molecule has 1 aromatic carbocycles. The highest BCUT2D eigenvalue weighted by Gasteiger charge is 2.35. The second kappa shape index (κ2) is 8.03. The number of hydrogen-bond donors (Lipinski definition) is 2. The zero-order valence-corrected chi connectivity index (χ0v) is 14.4. The van der Waals surface area contributed by atoms with Gasteiger partial charge in [0, 0.05) is 13.0 Å². The lowest BCUT2D eigenvalue weighted by Gasteiger charge is -2.20. The fourth-order valence-electron chi connectivity index (χ4n) is 3.10. The number of carbonyl (C=O) groups is 3. The summed E-state index contributed by atoms with van der Waals surface area (Å²) in [6.45, 7) is 0.515. The maximum absolute atomic E-state index is 13.1. The van der Waals surface area contributed by atoms with Crippen molar-refractivity contribution in [2.75, 3.05) is 6.54 Å². The van der Waals surface area contributed by atoms with Crippen molar-refractivity contribution in [3.63, 3.8) is 0 Å². The van der Waals surface area contributed by atoms with E-state index in [9.17, 15) is 18.8 Å². The average molecular weight is 374 g/mol. The van der Waals surface area contributed by atoms with Gasteiger partial charge in [-0.15, -0.1) is 0 Å². The topological polar surface area (TPSA) is 99.8 Å². The number of nitrogens with zero attached hydrogens (tertiary/aromatic N) is 1. The van der Waals surface area contributed by atoms with Crippen LogP contribution in [0.3, 0.4) is 0 Å². The number of carboxylic acids is 1. The number of benzene rings is 1. The molecule has 2 N–H and O–H groups in total. The third-order valence-corrected chi connectivity index (χ3v) is 4.48. The van der Waals surface area contributed by atoms with Crippen molar-refractivity contribution in [2.45, 2.75) is 25.4 Å². The molecule has 0 aliphatic carbocycles. The number of carbonyl (C=O) groups excluding carboxylic acids is 2. The molecule has 1 fully saturated rings. The van der Waals surface area contributed by atoms with Crippen LogP contribution in [0.2, 0.25) is 0 Å². The predicted molar refractivity (Wildman–Crippen MR) is 91.8 cm³/mol. The Kier molecular flexibility index (Phi) is 5.54. The summed E-state index contributed by atoms with van der Waals surface area (Å²) in [5, 5.41) is 11.8. The molecule has 2 heterocycles. The Bertz CT molecular complexity index is 819. The van der Waals surface area contributed by atoms with Crippen LogP contribution in [0.1, 0.15) is 30.2 Å². The zero-order chi connectivity index (χ0) is 19.4. The van der Waals surface area contributed by atoms with Crippen LogP contribution in [-0.4, -0.2) is 34.3 Å². The van der Waals surface area contributed by atoms with Crippen LogP contribution in [0, 0.1) is 11.7 Å². The number of amides is 2. The first-order chi connectivity index (χ1) is 12.9. The van der Waals surface area contributed by atoms with Gasteiger partial charge in [-0.25, -0.2) is 4.39 Å². The molecule has 1 aromatic heterocycles. The average Bonchev–Trinajstić information content (AvgIpc) is 3.25. The summed E-state index contributed by atoms with van der Waals surface area (Å²) in [4.78, 5) is 37.4. The van der Waals surface area contributed by atoms with Gasteiger partial charge in [-0.3, -0.25) is 14.4 Å². The van der Waals surface area contributed by atoms with Gasteiger partial charge in [0.1, 0.15) is 11.6 Å². The fraction of sp³-hybridized carbons (Fsp3) is 0.316. The number of rotatable bonds is 7. The molecule has 2 aromatic rings. The molecule has 27 heavy (non-hydrogen) atoms. The fourth-order valence-corrected chi connectivity index (χ4v) is 3.10. The molecule has 142 valence electrons. The summed E-state index contributed by atoms with van der Waals surface area (Å²) in [6, 6.07) is 7.96. The summed E-state index contributed by atoms with van der Waals surface area (Å²) in [7, 11) is 0. The van der Waals surface area contributed by atoms with Crippen molar-refractivity contribution in [2.24, 2.45) is 5.92 Å². The summed E-state index contributed by atoms with van der Waals surface area (Å²) < 4.78 is 18.3. The Hall–Kier alpha value is -3.16. The minimum absolute atomic E-state index is 0.0513. The lowest BCUT2D eigenvalue weighted by molar-refractivity contribution is -0.138. The van der Waals surface area contributed by atoms with Gasteiger partial charge in [0.15, 0.2) is 0 Å². The van der Waals surface area contributed by atoms with Crippen LogP contribution in [0.15, 0.2) is 47.1 Å². The first-order valence-electron chi connectivity index (χ1n) is 8.50.